The van der Waals surface area contributed by atoms with E-state index in [-0.39, 0.29) is 11.9 Å². The molecule has 1 aliphatic carbocycles. The minimum absolute atomic E-state index is 0.158. The van der Waals surface area contributed by atoms with Gasteiger partial charge in [-0.1, -0.05) is 36.4 Å². The van der Waals surface area contributed by atoms with Crippen molar-refractivity contribution >= 4 is 0 Å². The van der Waals surface area contributed by atoms with Gasteiger partial charge >= 0.3 is 0 Å². The standard InChI is InChI=1S/C16H16FNO/c17-12-5-3-4-11(8-12)9-16(19)10-15(18)13-6-1-2-7-14(13)16/h1-8,15,19H,9-10,18H2. The first-order valence-electron chi connectivity index (χ1n) is 6.40. The van der Waals surface area contributed by atoms with Crippen LogP contribution in [-0.4, -0.2) is 5.11 Å². The zero-order valence-electron chi connectivity index (χ0n) is 10.5. The van der Waals surface area contributed by atoms with Crippen LogP contribution in [0.5, 0.6) is 0 Å². The van der Waals surface area contributed by atoms with Crippen molar-refractivity contribution in [2.45, 2.75) is 24.5 Å². The molecule has 2 nitrogen and oxygen atoms in total. The van der Waals surface area contributed by atoms with E-state index in [1.165, 1.54) is 12.1 Å². The molecule has 19 heavy (non-hydrogen) atoms. The van der Waals surface area contributed by atoms with Crippen LogP contribution in [-0.2, 0) is 12.0 Å². The molecule has 3 rings (SSSR count). The Morgan fingerprint density at radius 2 is 2.00 bits per heavy atom. The molecule has 2 aromatic rings. The van der Waals surface area contributed by atoms with Crippen LogP contribution in [0, 0.1) is 5.82 Å². The van der Waals surface area contributed by atoms with E-state index in [9.17, 15) is 9.50 Å². The molecule has 0 aliphatic heterocycles. The first-order valence-corrected chi connectivity index (χ1v) is 6.40. The molecule has 2 unspecified atom stereocenters. The van der Waals surface area contributed by atoms with Gasteiger partial charge in [0, 0.05) is 12.5 Å². The predicted molar refractivity (Wildman–Crippen MR) is 72.0 cm³/mol. The second kappa shape index (κ2) is 4.44. The van der Waals surface area contributed by atoms with Gasteiger partial charge in [-0.15, -0.1) is 0 Å². The van der Waals surface area contributed by atoms with Crippen molar-refractivity contribution in [3.8, 4) is 0 Å². The number of nitrogens with two attached hydrogens (primary N) is 1. The molecule has 0 aromatic heterocycles. The van der Waals surface area contributed by atoms with Gasteiger partial charge in [-0.25, -0.2) is 4.39 Å². The van der Waals surface area contributed by atoms with Gasteiger partial charge in [0.1, 0.15) is 5.82 Å². The van der Waals surface area contributed by atoms with Crippen LogP contribution < -0.4 is 5.73 Å². The lowest BCUT2D eigenvalue weighted by molar-refractivity contribution is 0.0341. The highest BCUT2D eigenvalue weighted by molar-refractivity contribution is 5.41. The molecule has 0 saturated heterocycles. The average molecular weight is 257 g/mol. The van der Waals surface area contributed by atoms with Crippen molar-refractivity contribution in [3.05, 3.63) is 71.0 Å². The number of aliphatic hydroxyl groups is 1. The Bertz CT molecular complexity index is 613. The van der Waals surface area contributed by atoms with E-state index >= 15 is 0 Å². The monoisotopic (exact) mass is 257 g/mol. The van der Waals surface area contributed by atoms with E-state index in [0.29, 0.717) is 12.8 Å². The fourth-order valence-electron chi connectivity index (χ4n) is 2.98. The van der Waals surface area contributed by atoms with Crippen molar-refractivity contribution < 1.29 is 9.50 Å². The summed E-state index contributed by atoms with van der Waals surface area (Å²) in [6.07, 6.45) is 0.859. The normalized spacial score (nSPS) is 25.3. The van der Waals surface area contributed by atoms with E-state index in [0.717, 1.165) is 16.7 Å². The van der Waals surface area contributed by atoms with Gasteiger partial charge < -0.3 is 10.8 Å². The van der Waals surface area contributed by atoms with Crippen LogP contribution in [0.2, 0.25) is 0 Å². The summed E-state index contributed by atoms with van der Waals surface area (Å²) in [6.45, 7) is 0. The van der Waals surface area contributed by atoms with Gasteiger partial charge in [-0.05, 0) is 35.2 Å². The van der Waals surface area contributed by atoms with Gasteiger partial charge in [0.2, 0.25) is 0 Å². The third kappa shape index (κ3) is 2.15. The Labute approximate surface area is 111 Å². The second-order valence-corrected chi connectivity index (χ2v) is 5.24. The smallest absolute Gasteiger partial charge is 0.123 e. The SMILES string of the molecule is NC1CC(O)(Cc2cccc(F)c2)c2ccccc21. The van der Waals surface area contributed by atoms with Crippen LogP contribution in [0.25, 0.3) is 0 Å². The van der Waals surface area contributed by atoms with Gasteiger partial charge in [0.25, 0.3) is 0 Å². The first-order chi connectivity index (χ1) is 9.08. The third-order valence-corrected chi connectivity index (χ3v) is 3.80. The Hall–Kier alpha value is -1.71. The van der Waals surface area contributed by atoms with Crippen molar-refractivity contribution in [2.24, 2.45) is 5.73 Å². The molecule has 3 heteroatoms. The maximum Gasteiger partial charge on any atom is 0.123 e. The van der Waals surface area contributed by atoms with E-state index in [1.54, 1.807) is 6.07 Å². The van der Waals surface area contributed by atoms with Crippen LogP contribution in [0.15, 0.2) is 48.5 Å². The van der Waals surface area contributed by atoms with E-state index in [1.807, 2.05) is 30.3 Å². The average Bonchev–Trinajstić information content (AvgIpc) is 2.62. The van der Waals surface area contributed by atoms with Crippen molar-refractivity contribution in [1.29, 1.82) is 0 Å². The molecule has 0 heterocycles. The largest absolute Gasteiger partial charge is 0.385 e. The Balaban J connectivity index is 1.97. The number of hydrogen-bond acceptors (Lipinski definition) is 2. The topological polar surface area (TPSA) is 46.2 Å². The summed E-state index contributed by atoms with van der Waals surface area (Å²) in [5.74, 6) is -0.281. The zero-order valence-corrected chi connectivity index (χ0v) is 10.5. The molecular weight excluding hydrogens is 241 g/mol. The number of hydrogen-bond donors (Lipinski definition) is 2. The summed E-state index contributed by atoms with van der Waals surface area (Å²) >= 11 is 0. The predicted octanol–water partition coefficient (Wildman–Crippen LogP) is 2.66. The molecule has 98 valence electrons. The van der Waals surface area contributed by atoms with Crippen LogP contribution >= 0.6 is 0 Å². The minimum atomic E-state index is -0.996. The highest BCUT2D eigenvalue weighted by Gasteiger charge is 2.40. The molecular formula is C16H16FNO. The van der Waals surface area contributed by atoms with E-state index in [4.69, 9.17) is 5.73 Å². The summed E-state index contributed by atoms with van der Waals surface area (Å²) in [6, 6.07) is 13.9. The Kier molecular flexibility index (Phi) is 2.88. The molecule has 0 amide bonds. The van der Waals surface area contributed by atoms with Crippen LogP contribution in [0.3, 0.4) is 0 Å². The zero-order chi connectivity index (χ0) is 13.5. The lowest BCUT2D eigenvalue weighted by Crippen LogP contribution is -2.26. The highest BCUT2D eigenvalue weighted by atomic mass is 19.1. The fourth-order valence-corrected chi connectivity index (χ4v) is 2.98. The van der Waals surface area contributed by atoms with Gasteiger partial charge in [0.15, 0.2) is 0 Å². The molecule has 0 bridgehead atoms. The highest BCUT2D eigenvalue weighted by Crippen LogP contribution is 2.43. The minimum Gasteiger partial charge on any atom is -0.385 e. The molecule has 0 saturated carbocycles. The van der Waals surface area contributed by atoms with E-state index < -0.39 is 5.60 Å². The molecule has 0 fully saturated rings. The van der Waals surface area contributed by atoms with Crippen molar-refractivity contribution in [2.75, 3.05) is 0 Å². The van der Waals surface area contributed by atoms with Gasteiger partial charge in [0.05, 0.1) is 5.60 Å². The molecule has 3 N–H and O–H groups in total. The number of fused-ring (bicyclic) bond motifs is 1. The lowest BCUT2D eigenvalue weighted by Gasteiger charge is -2.24. The number of rotatable bonds is 2. The maximum absolute atomic E-state index is 13.2. The Morgan fingerprint density at radius 1 is 1.21 bits per heavy atom. The number of benzene rings is 2. The summed E-state index contributed by atoms with van der Waals surface area (Å²) in [4.78, 5) is 0. The van der Waals surface area contributed by atoms with Gasteiger partial charge in [-0.3, -0.25) is 0 Å². The fraction of sp³-hybridized carbons (Fsp3) is 0.250. The first kappa shape index (κ1) is 12.3. The summed E-state index contributed by atoms with van der Waals surface area (Å²) in [5, 5.41) is 10.9. The summed E-state index contributed by atoms with van der Waals surface area (Å²) in [7, 11) is 0. The maximum atomic E-state index is 13.2. The van der Waals surface area contributed by atoms with E-state index in [2.05, 4.69) is 0 Å². The van der Waals surface area contributed by atoms with Crippen molar-refractivity contribution in [3.63, 3.8) is 0 Å². The number of halogens is 1. The summed E-state index contributed by atoms with van der Waals surface area (Å²) in [5.41, 5.74) is 7.71. The summed E-state index contributed by atoms with van der Waals surface area (Å²) < 4.78 is 13.2. The quantitative estimate of drug-likeness (QED) is 0.868. The molecule has 2 atom stereocenters. The lowest BCUT2D eigenvalue weighted by atomic mass is 9.88. The third-order valence-electron chi connectivity index (χ3n) is 3.80. The second-order valence-electron chi connectivity index (χ2n) is 5.24. The van der Waals surface area contributed by atoms with Crippen molar-refractivity contribution in [1.82, 2.24) is 0 Å². The molecule has 2 aromatic carbocycles. The Morgan fingerprint density at radius 3 is 2.79 bits per heavy atom. The van der Waals surface area contributed by atoms with Gasteiger partial charge in [-0.2, -0.15) is 0 Å². The van der Waals surface area contributed by atoms with Crippen LogP contribution in [0.4, 0.5) is 4.39 Å². The van der Waals surface area contributed by atoms with Crippen LogP contribution in [0.1, 0.15) is 29.2 Å². The molecule has 0 spiro atoms. The molecule has 1 aliphatic rings. The molecule has 0 radical (unpaired) electrons.